The average molecular weight is 425 g/mol. The zero-order valence-corrected chi connectivity index (χ0v) is 19.2. The van der Waals surface area contributed by atoms with E-state index in [1.165, 1.54) is 0 Å². The summed E-state index contributed by atoms with van der Waals surface area (Å²) in [6.45, 7) is 10.2. The smallest absolute Gasteiger partial charge is 0.257 e. The van der Waals surface area contributed by atoms with Gasteiger partial charge in [0.25, 0.3) is 5.91 Å². The van der Waals surface area contributed by atoms with Gasteiger partial charge >= 0.3 is 0 Å². The van der Waals surface area contributed by atoms with E-state index in [4.69, 9.17) is 9.97 Å². The van der Waals surface area contributed by atoms with E-state index in [1.54, 1.807) is 10.9 Å². The first kappa shape index (κ1) is 21.5. The van der Waals surface area contributed by atoms with Crippen LogP contribution in [0, 0.1) is 19.8 Å². The molecule has 2 aliphatic rings. The van der Waals surface area contributed by atoms with Crippen LogP contribution in [-0.2, 0) is 18.3 Å². The molecule has 1 fully saturated rings. The number of carbonyl (C=O) groups is 2. The lowest BCUT2D eigenvalue weighted by Crippen LogP contribution is -2.38. The lowest BCUT2D eigenvalue weighted by atomic mass is 10.0. The summed E-state index contributed by atoms with van der Waals surface area (Å²) in [7, 11) is 1.83. The van der Waals surface area contributed by atoms with Crippen LogP contribution in [0.3, 0.4) is 0 Å². The molecule has 31 heavy (non-hydrogen) atoms. The van der Waals surface area contributed by atoms with Crippen molar-refractivity contribution in [3.05, 3.63) is 34.5 Å². The fraction of sp³-hybridized carbons (Fsp3) is 0.609. The highest BCUT2D eigenvalue weighted by Gasteiger charge is 2.34. The number of nitrogens with zero attached hydrogens (tertiary/aromatic N) is 6. The molecule has 1 atom stereocenters. The van der Waals surface area contributed by atoms with Crippen molar-refractivity contribution in [1.82, 2.24) is 24.6 Å². The van der Waals surface area contributed by atoms with E-state index < -0.39 is 0 Å². The number of fused-ring (bicyclic) bond motifs is 1. The SMILES string of the molecule is Cc1nn(C)cc1C(=O)N1CC[C@@H](c2nc(C)c3c(n2)N(CCC(C)C)C(=O)CC3)C1. The molecule has 0 bridgehead atoms. The quantitative estimate of drug-likeness (QED) is 0.737. The van der Waals surface area contributed by atoms with E-state index in [2.05, 4.69) is 18.9 Å². The lowest BCUT2D eigenvalue weighted by Gasteiger charge is -2.30. The molecule has 0 aliphatic carbocycles. The zero-order chi connectivity index (χ0) is 22.3. The minimum Gasteiger partial charge on any atom is -0.338 e. The Kier molecular flexibility index (Phi) is 5.81. The van der Waals surface area contributed by atoms with Crippen LogP contribution < -0.4 is 4.90 Å². The van der Waals surface area contributed by atoms with Gasteiger partial charge in [-0.05, 0) is 39.0 Å². The van der Waals surface area contributed by atoms with Crippen LogP contribution >= 0.6 is 0 Å². The van der Waals surface area contributed by atoms with E-state index in [0.29, 0.717) is 44.0 Å². The van der Waals surface area contributed by atoms with Gasteiger partial charge in [-0.25, -0.2) is 9.97 Å². The maximum absolute atomic E-state index is 13.0. The fourth-order valence-electron chi connectivity index (χ4n) is 4.54. The number of aromatic nitrogens is 4. The van der Waals surface area contributed by atoms with Crippen molar-refractivity contribution in [3.8, 4) is 0 Å². The van der Waals surface area contributed by atoms with Crippen molar-refractivity contribution in [2.75, 3.05) is 24.5 Å². The van der Waals surface area contributed by atoms with E-state index in [-0.39, 0.29) is 17.7 Å². The summed E-state index contributed by atoms with van der Waals surface area (Å²) in [4.78, 5) is 39.1. The molecule has 2 aliphatic heterocycles. The largest absolute Gasteiger partial charge is 0.338 e. The van der Waals surface area contributed by atoms with E-state index in [9.17, 15) is 9.59 Å². The van der Waals surface area contributed by atoms with Gasteiger partial charge in [0.2, 0.25) is 5.91 Å². The Bertz CT molecular complexity index is 1010. The van der Waals surface area contributed by atoms with Crippen molar-refractivity contribution in [3.63, 3.8) is 0 Å². The van der Waals surface area contributed by atoms with Gasteiger partial charge in [-0.3, -0.25) is 19.2 Å². The van der Waals surface area contributed by atoms with Gasteiger partial charge in [0.05, 0.1) is 11.3 Å². The summed E-state index contributed by atoms with van der Waals surface area (Å²) in [5.74, 6) is 2.29. The number of anilines is 1. The molecule has 4 heterocycles. The Labute approximate surface area is 183 Å². The second-order valence-electron chi connectivity index (χ2n) is 9.24. The number of hydrogen-bond acceptors (Lipinski definition) is 5. The van der Waals surface area contributed by atoms with E-state index in [0.717, 1.165) is 41.4 Å². The Balaban J connectivity index is 1.57. The molecule has 0 unspecified atom stereocenters. The third-order valence-electron chi connectivity index (χ3n) is 6.37. The monoisotopic (exact) mass is 424 g/mol. The molecule has 8 heteroatoms. The third-order valence-corrected chi connectivity index (χ3v) is 6.37. The van der Waals surface area contributed by atoms with Gasteiger partial charge in [-0.1, -0.05) is 13.8 Å². The third kappa shape index (κ3) is 4.20. The van der Waals surface area contributed by atoms with Crippen molar-refractivity contribution in [2.24, 2.45) is 13.0 Å². The number of rotatable bonds is 5. The zero-order valence-electron chi connectivity index (χ0n) is 19.2. The van der Waals surface area contributed by atoms with Crippen LogP contribution in [-0.4, -0.2) is 56.1 Å². The first-order chi connectivity index (χ1) is 14.7. The molecule has 1 saturated heterocycles. The molecule has 2 aromatic heterocycles. The molecular formula is C23H32N6O2. The highest BCUT2D eigenvalue weighted by Crippen LogP contribution is 2.33. The Hall–Kier alpha value is -2.77. The van der Waals surface area contributed by atoms with Gasteiger partial charge in [0.15, 0.2) is 0 Å². The van der Waals surface area contributed by atoms with Crippen molar-refractivity contribution < 1.29 is 9.59 Å². The van der Waals surface area contributed by atoms with Crippen molar-refractivity contribution in [1.29, 1.82) is 0 Å². The minimum absolute atomic E-state index is 0.0107. The standard InChI is InChI=1S/C23H32N6O2/c1-14(2)8-11-29-20(30)7-6-18-15(3)24-21(25-22(18)29)17-9-10-28(12-17)23(31)19-13-27(5)26-16(19)4/h13-14,17H,6-12H2,1-5H3/t17-/m1/s1. The molecule has 2 aromatic rings. The van der Waals surface area contributed by atoms with Crippen molar-refractivity contribution >= 4 is 17.6 Å². The predicted octanol–water partition coefficient (Wildman–Crippen LogP) is 2.78. The molecule has 0 N–H and O–H groups in total. The number of amides is 2. The number of likely N-dealkylation sites (tertiary alicyclic amines) is 1. The summed E-state index contributed by atoms with van der Waals surface area (Å²) in [6.07, 6.45) is 4.77. The highest BCUT2D eigenvalue weighted by molar-refractivity contribution is 5.96. The molecule has 0 radical (unpaired) electrons. The van der Waals surface area contributed by atoms with E-state index >= 15 is 0 Å². The fourth-order valence-corrected chi connectivity index (χ4v) is 4.54. The molecular weight excluding hydrogens is 392 g/mol. The second-order valence-corrected chi connectivity index (χ2v) is 9.24. The minimum atomic E-state index is 0.0107. The van der Waals surface area contributed by atoms with Gasteiger partial charge in [-0.15, -0.1) is 0 Å². The average Bonchev–Trinajstić information content (AvgIpc) is 3.33. The number of aryl methyl sites for hydroxylation is 3. The molecule has 166 valence electrons. The van der Waals surface area contributed by atoms with Gasteiger partial charge < -0.3 is 4.90 Å². The number of hydrogen-bond donors (Lipinski definition) is 0. The topological polar surface area (TPSA) is 84.2 Å². The maximum Gasteiger partial charge on any atom is 0.257 e. The van der Waals surface area contributed by atoms with Crippen LogP contribution in [0.1, 0.15) is 72.2 Å². The normalized spacial score (nSPS) is 18.8. The summed E-state index contributed by atoms with van der Waals surface area (Å²) in [5, 5.41) is 4.29. The summed E-state index contributed by atoms with van der Waals surface area (Å²) < 4.78 is 1.68. The van der Waals surface area contributed by atoms with Crippen LogP contribution in [0.15, 0.2) is 6.20 Å². The van der Waals surface area contributed by atoms with Crippen molar-refractivity contribution in [2.45, 2.75) is 59.3 Å². The first-order valence-electron chi connectivity index (χ1n) is 11.2. The van der Waals surface area contributed by atoms with Crippen LogP contribution in [0.4, 0.5) is 5.82 Å². The van der Waals surface area contributed by atoms with Crippen LogP contribution in [0.25, 0.3) is 0 Å². The molecule has 4 rings (SSSR count). The lowest BCUT2D eigenvalue weighted by molar-refractivity contribution is -0.119. The molecule has 0 aromatic carbocycles. The first-order valence-corrected chi connectivity index (χ1v) is 11.2. The second kappa shape index (κ2) is 8.40. The molecule has 0 saturated carbocycles. The maximum atomic E-state index is 13.0. The van der Waals surface area contributed by atoms with Gasteiger partial charge in [0.1, 0.15) is 11.6 Å². The molecule has 8 nitrogen and oxygen atoms in total. The predicted molar refractivity (Wildman–Crippen MR) is 118 cm³/mol. The van der Waals surface area contributed by atoms with Crippen LogP contribution in [0.2, 0.25) is 0 Å². The van der Waals surface area contributed by atoms with Gasteiger partial charge in [0, 0.05) is 56.5 Å². The van der Waals surface area contributed by atoms with Crippen LogP contribution in [0.5, 0.6) is 0 Å². The van der Waals surface area contributed by atoms with Gasteiger partial charge in [-0.2, -0.15) is 5.10 Å². The highest BCUT2D eigenvalue weighted by atomic mass is 16.2. The van der Waals surface area contributed by atoms with E-state index in [1.807, 2.05) is 30.7 Å². The molecule has 2 amide bonds. The summed E-state index contributed by atoms with van der Waals surface area (Å²) in [6, 6.07) is 0. The molecule has 0 spiro atoms. The summed E-state index contributed by atoms with van der Waals surface area (Å²) in [5.41, 5.74) is 3.44. The Morgan fingerprint density at radius 2 is 1.97 bits per heavy atom. The summed E-state index contributed by atoms with van der Waals surface area (Å²) >= 11 is 0. The Morgan fingerprint density at radius 3 is 2.65 bits per heavy atom. The number of carbonyl (C=O) groups excluding carboxylic acids is 2. The Morgan fingerprint density at radius 1 is 1.19 bits per heavy atom.